The number of benzene rings is 2. The summed E-state index contributed by atoms with van der Waals surface area (Å²) in [6.07, 6.45) is 0.796. The Balaban J connectivity index is 1.86. The molecule has 3 rings (SSSR count). The lowest BCUT2D eigenvalue weighted by Crippen LogP contribution is -2.38. The number of carbonyl (C=O) groups is 3. The molecule has 1 aromatic heterocycles. The Morgan fingerprint density at radius 1 is 0.909 bits per heavy atom. The highest BCUT2D eigenvalue weighted by molar-refractivity contribution is 6.00. The van der Waals surface area contributed by atoms with Crippen LogP contribution in [0.4, 0.5) is 4.79 Å². The summed E-state index contributed by atoms with van der Waals surface area (Å²) in [6.45, 7) is 10.6. The fourth-order valence-electron chi connectivity index (χ4n) is 3.11. The third-order valence-corrected chi connectivity index (χ3v) is 4.45. The Morgan fingerprint density at radius 3 is 2.15 bits per heavy atom. The standard InChI is InChI=1S/C25H29N3O5/c1-24(2,3)32-22(30)20(16-10-8-7-9-11-16)27-21(29)17-12-13-19-18(14-17)26-15-28(19)23(31)33-25(4,5)6/h7-15,20H,1-6H3,(H,27,29)/t20-/m0/s1. The number of hydrogen-bond acceptors (Lipinski definition) is 6. The summed E-state index contributed by atoms with van der Waals surface area (Å²) in [5.41, 5.74) is 0.496. The number of rotatable bonds is 4. The second-order valence-electron chi connectivity index (χ2n) is 9.65. The average molecular weight is 452 g/mol. The van der Waals surface area contributed by atoms with Gasteiger partial charge in [-0.25, -0.2) is 19.1 Å². The minimum absolute atomic E-state index is 0.293. The van der Waals surface area contributed by atoms with Crippen LogP contribution in [0.25, 0.3) is 11.0 Å². The number of amides is 1. The smallest absolute Gasteiger partial charge is 0.420 e. The number of nitrogens with one attached hydrogen (secondary N) is 1. The van der Waals surface area contributed by atoms with Crippen LogP contribution in [0.15, 0.2) is 54.9 Å². The Kier molecular flexibility index (Phi) is 6.58. The van der Waals surface area contributed by atoms with Crippen LogP contribution in [0, 0.1) is 0 Å². The molecule has 0 fully saturated rings. The van der Waals surface area contributed by atoms with E-state index in [9.17, 15) is 14.4 Å². The van der Waals surface area contributed by atoms with Crippen molar-refractivity contribution >= 4 is 29.0 Å². The first-order chi connectivity index (χ1) is 15.3. The van der Waals surface area contributed by atoms with Crippen LogP contribution in [0.1, 0.15) is 63.5 Å². The molecule has 0 aliphatic rings. The zero-order valence-corrected chi connectivity index (χ0v) is 19.7. The van der Waals surface area contributed by atoms with Gasteiger partial charge in [0.2, 0.25) is 0 Å². The van der Waals surface area contributed by atoms with Crippen LogP contribution in [-0.2, 0) is 14.3 Å². The summed E-state index contributed by atoms with van der Waals surface area (Å²) in [5.74, 6) is -1.03. The van der Waals surface area contributed by atoms with Gasteiger partial charge in [0, 0.05) is 5.56 Å². The van der Waals surface area contributed by atoms with Crippen LogP contribution in [-0.4, -0.2) is 38.7 Å². The van der Waals surface area contributed by atoms with Crippen LogP contribution < -0.4 is 5.32 Å². The van der Waals surface area contributed by atoms with Crippen molar-refractivity contribution in [3.63, 3.8) is 0 Å². The van der Waals surface area contributed by atoms with Gasteiger partial charge >= 0.3 is 12.1 Å². The largest absolute Gasteiger partial charge is 0.458 e. The number of aromatic nitrogens is 2. The molecule has 8 nitrogen and oxygen atoms in total. The van der Waals surface area contributed by atoms with E-state index in [-0.39, 0.29) is 0 Å². The first-order valence-electron chi connectivity index (χ1n) is 10.6. The van der Waals surface area contributed by atoms with Crippen molar-refractivity contribution in [2.75, 3.05) is 0 Å². The molecular weight excluding hydrogens is 422 g/mol. The Hall–Kier alpha value is -3.68. The van der Waals surface area contributed by atoms with Crippen molar-refractivity contribution in [2.45, 2.75) is 58.8 Å². The molecule has 1 heterocycles. The van der Waals surface area contributed by atoms with E-state index in [1.54, 1.807) is 84.0 Å². The van der Waals surface area contributed by atoms with E-state index in [2.05, 4.69) is 10.3 Å². The van der Waals surface area contributed by atoms with Gasteiger partial charge in [0.1, 0.15) is 17.5 Å². The molecule has 8 heteroatoms. The fraction of sp³-hybridized carbons (Fsp3) is 0.360. The molecule has 1 N–H and O–H groups in total. The summed E-state index contributed by atoms with van der Waals surface area (Å²) in [6, 6.07) is 12.7. The lowest BCUT2D eigenvalue weighted by molar-refractivity contribution is -0.157. The molecular formula is C25H29N3O5. The predicted octanol–water partition coefficient (Wildman–Crippen LogP) is 4.63. The second-order valence-corrected chi connectivity index (χ2v) is 9.65. The van der Waals surface area contributed by atoms with Gasteiger partial charge in [-0.05, 0) is 65.3 Å². The number of carbonyl (C=O) groups excluding carboxylic acids is 3. The number of imidazole rings is 1. The lowest BCUT2D eigenvalue weighted by Gasteiger charge is -2.25. The fourth-order valence-corrected chi connectivity index (χ4v) is 3.11. The third-order valence-electron chi connectivity index (χ3n) is 4.45. The van der Waals surface area contributed by atoms with Gasteiger partial charge < -0.3 is 14.8 Å². The van der Waals surface area contributed by atoms with Gasteiger partial charge in [0.15, 0.2) is 6.04 Å². The maximum absolute atomic E-state index is 13.0. The SMILES string of the molecule is CC(C)(C)OC(=O)[C@@H](NC(=O)c1ccc2c(c1)ncn2C(=O)OC(C)(C)C)c1ccccc1. The molecule has 0 spiro atoms. The first-order valence-corrected chi connectivity index (χ1v) is 10.6. The second kappa shape index (κ2) is 9.05. The average Bonchev–Trinajstić information content (AvgIpc) is 3.13. The number of esters is 1. The highest BCUT2D eigenvalue weighted by Gasteiger charge is 2.29. The van der Waals surface area contributed by atoms with E-state index in [0.717, 1.165) is 0 Å². The zero-order valence-electron chi connectivity index (χ0n) is 19.7. The maximum atomic E-state index is 13.0. The third kappa shape index (κ3) is 6.19. The molecule has 0 aliphatic carbocycles. The van der Waals surface area contributed by atoms with Gasteiger partial charge in [-0.1, -0.05) is 30.3 Å². The topological polar surface area (TPSA) is 99.5 Å². The van der Waals surface area contributed by atoms with Crippen molar-refractivity contribution in [1.29, 1.82) is 0 Å². The summed E-state index contributed by atoms with van der Waals surface area (Å²) in [5, 5.41) is 2.76. The van der Waals surface area contributed by atoms with Crippen molar-refractivity contribution in [3.8, 4) is 0 Å². The highest BCUT2D eigenvalue weighted by atomic mass is 16.6. The maximum Gasteiger partial charge on any atom is 0.420 e. The molecule has 0 bridgehead atoms. The van der Waals surface area contributed by atoms with E-state index >= 15 is 0 Å². The normalized spacial score (nSPS) is 12.8. The zero-order chi connectivity index (χ0) is 24.4. The molecule has 2 aromatic carbocycles. The predicted molar refractivity (Wildman–Crippen MR) is 124 cm³/mol. The van der Waals surface area contributed by atoms with Crippen LogP contribution >= 0.6 is 0 Å². The van der Waals surface area contributed by atoms with E-state index in [1.165, 1.54) is 10.9 Å². The van der Waals surface area contributed by atoms with Crippen molar-refractivity contribution in [2.24, 2.45) is 0 Å². The molecule has 0 saturated heterocycles. The Bertz CT molecular complexity index is 1170. The van der Waals surface area contributed by atoms with E-state index in [0.29, 0.717) is 22.2 Å². The quantitative estimate of drug-likeness (QED) is 0.581. The van der Waals surface area contributed by atoms with Gasteiger partial charge in [0.05, 0.1) is 11.0 Å². The Morgan fingerprint density at radius 2 is 1.55 bits per heavy atom. The highest BCUT2D eigenvalue weighted by Crippen LogP contribution is 2.21. The minimum atomic E-state index is -0.979. The van der Waals surface area contributed by atoms with Gasteiger partial charge in [-0.3, -0.25) is 4.79 Å². The Labute approximate surface area is 192 Å². The summed E-state index contributed by atoms with van der Waals surface area (Å²) in [4.78, 5) is 42.5. The molecule has 3 aromatic rings. The molecule has 0 unspecified atom stereocenters. The van der Waals surface area contributed by atoms with Crippen molar-refractivity contribution in [3.05, 3.63) is 66.0 Å². The van der Waals surface area contributed by atoms with Gasteiger partial charge in [-0.2, -0.15) is 0 Å². The van der Waals surface area contributed by atoms with Crippen LogP contribution in [0.2, 0.25) is 0 Å². The lowest BCUT2D eigenvalue weighted by atomic mass is 10.1. The molecule has 0 saturated carbocycles. The molecule has 33 heavy (non-hydrogen) atoms. The van der Waals surface area contributed by atoms with E-state index in [4.69, 9.17) is 9.47 Å². The monoisotopic (exact) mass is 451 g/mol. The molecule has 0 aliphatic heterocycles. The van der Waals surface area contributed by atoms with E-state index in [1.807, 2.05) is 6.07 Å². The van der Waals surface area contributed by atoms with Crippen LogP contribution in [0.5, 0.6) is 0 Å². The summed E-state index contributed by atoms with van der Waals surface area (Å²) >= 11 is 0. The first kappa shape index (κ1) is 24.0. The molecule has 1 amide bonds. The molecule has 0 radical (unpaired) electrons. The summed E-state index contributed by atoms with van der Waals surface area (Å²) in [7, 11) is 0. The van der Waals surface area contributed by atoms with Crippen LogP contribution in [0.3, 0.4) is 0 Å². The van der Waals surface area contributed by atoms with E-state index < -0.39 is 35.2 Å². The molecule has 1 atom stereocenters. The van der Waals surface area contributed by atoms with Crippen molar-refractivity contribution < 1.29 is 23.9 Å². The number of ether oxygens (including phenoxy) is 2. The number of hydrogen-bond donors (Lipinski definition) is 1. The molecule has 174 valence electrons. The number of nitrogens with zero attached hydrogens (tertiary/aromatic N) is 2. The van der Waals surface area contributed by atoms with Gasteiger partial charge in [-0.15, -0.1) is 0 Å². The summed E-state index contributed by atoms with van der Waals surface area (Å²) < 4.78 is 12.2. The minimum Gasteiger partial charge on any atom is -0.458 e. The number of fused-ring (bicyclic) bond motifs is 1. The van der Waals surface area contributed by atoms with Gasteiger partial charge in [0.25, 0.3) is 5.91 Å². The van der Waals surface area contributed by atoms with Crippen molar-refractivity contribution in [1.82, 2.24) is 14.9 Å².